The zero-order valence-corrected chi connectivity index (χ0v) is 11.2. The number of aromatic nitrogens is 1. The molecule has 0 aliphatic heterocycles. The van der Waals surface area contributed by atoms with Gasteiger partial charge in [0.05, 0.1) is 5.69 Å². The second kappa shape index (κ2) is 4.65. The van der Waals surface area contributed by atoms with Crippen molar-refractivity contribution in [3.63, 3.8) is 0 Å². The first-order chi connectivity index (χ1) is 8.35. The second-order valence-corrected chi connectivity index (χ2v) is 5.90. The van der Waals surface area contributed by atoms with Crippen LogP contribution in [-0.2, 0) is 0 Å². The summed E-state index contributed by atoms with van der Waals surface area (Å²) in [5, 5.41) is 5.82. The van der Waals surface area contributed by atoms with Gasteiger partial charge in [-0.15, -0.1) is 11.3 Å². The van der Waals surface area contributed by atoms with Crippen molar-refractivity contribution in [1.29, 1.82) is 0 Å². The van der Waals surface area contributed by atoms with Gasteiger partial charge in [-0.05, 0) is 39.0 Å². The van der Waals surface area contributed by atoms with Crippen molar-refractivity contribution >= 4 is 16.5 Å². The third-order valence-electron chi connectivity index (χ3n) is 2.20. The number of nitrogens with zero attached hydrogens (tertiary/aromatic N) is 1. The lowest BCUT2D eigenvalue weighted by molar-refractivity contribution is 0.509. The van der Waals surface area contributed by atoms with Crippen LogP contribution >= 0.6 is 11.3 Å². The molecule has 2 nitrogen and oxygen atoms in total. The Hall–Kier alpha value is -1.49. The van der Waals surface area contributed by atoms with E-state index in [1.54, 1.807) is 0 Å². The minimum Gasteiger partial charge on any atom is -0.357 e. The van der Waals surface area contributed by atoms with Crippen LogP contribution in [0.15, 0.2) is 23.6 Å². The van der Waals surface area contributed by atoms with Crippen LogP contribution in [0, 0.1) is 11.6 Å². The molecule has 0 spiro atoms. The van der Waals surface area contributed by atoms with E-state index >= 15 is 0 Å². The highest BCUT2D eigenvalue weighted by molar-refractivity contribution is 7.14. The third kappa shape index (κ3) is 3.04. The van der Waals surface area contributed by atoms with Crippen LogP contribution in [0.1, 0.15) is 20.8 Å². The van der Waals surface area contributed by atoms with Crippen LogP contribution < -0.4 is 5.32 Å². The molecule has 0 saturated carbocycles. The lowest BCUT2D eigenvalue weighted by Crippen LogP contribution is -2.25. The molecule has 0 unspecified atom stereocenters. The van der Waals surface area contributed by atoms with Gasteiger partial charge in [-0.25, -0.2) is 13.8 Å². The molecule has 18 heavy (non-hydrogen) atoms. The fourth-order valence-corrected chi connectivity index (χ4v) is 2.37. The van der Waals surface area contributed by atoms with Crippen molar-refractivity contribution in [2.24, 2.45) is 0 Å². The number of hydrogen-bond acceptors (Lipinski definition) is 3. The Morgan fingerprint density at radius 2 is 1.89 bits per heavy atom. The Labute approximate surface area is 109 Å². The van der Waals surface area contributed by atoms with Crippen LogP contribution in [-0.4, -0.2) is 10.5 Å². The first-order valence-corrected chi connectivity index (χ1v) is 6.42. The minimum absolute atomic E-state index is 0.0802. The second-order valence-electron chi connectivity index (χ2n) is 5.04. The molecule has 0 fully saturated rings. The molecule has 1 aromatic carbocycles. The van der Waals surface area contributed by atoms with Crippen molar-refractivity contribution in [3.8, 4) is 11.3 Å². The van der Waals surface area contributed by atoms with E-state index in [1.165, 1.54) is 17.4 Å². The Kier molecular flexibility index (Phi) is 3.34. The van der Waals surface area contributed by atoms with Gasteiger partial charge in [0, 0.05) is 16.5 Å². The largest absolute Gasteiger partial charge is 0.357 e. The molecule has 2 rings (SSSR count). The number of benzene rings is 1. The predicted octanol–water partition coefficient (Wildman–Crippen LogP) is 4.30. The highest BCUT2D eigenvalue weighted by Gasteiger charge is 2.13. The standard InChI is InChI=1S/C13H14F2N2S/c1-13(2,3)17-12-16-11(7-18-12)8-4-5-9(14)10(15)6-8/h4-7H,1-3H3,(H,16,17). The fraction of sp³-hybridized carbons (Fsp3) is 0.308. The number of anilines is 1. The van der Waals surface area contributed by atoms with E-state index < -0.39 is 11.6 Å². The van der Waals surface area contributed by atoms with Crippen LogP contribution in [0.2, 0.25) is 0 Å². The molecule has 0 radical (unpaired) electrons. The molecule has 0 atom stereocenters. The fourth-order valence-electron chi connectivity index (χ4n) is 1.44. The molecule has 0 bridgehead atoms. The zero-order valence-electron chi connectivity index (χ0n) is 10.4. The average molecular weight is 268 g/mol. The summed E-state index contributed by atoms with van der Waals surface area (Å²) in [4.78, 5) is 4.35. The summed E-state index contributed by atoms with van der Waals surface area (Å²) in [7, 11) is 0. The lowest BCUT2D eigenvalue weighted by Gasteiger charge is -2.19. The van der Waals surface area contributed by atoms with E-state index in [2.05, 4.69) is 10.3 Å². The summed E-state index contributed by atoms with van der Waals surface area (Å²) < 4.78 is 26.0. The Morgan fingerprint density at radius 1 is 1.17 bits per heavy atom. The van der Waals surface area contributed by atoms with Crippen molar-refractivity contribution in [2.75, 3.05) is 5.32 Å². The van der Waals surface area contributed by atoms with Crippen LogP contribution in [0.3, 0.4) is 0 Å². The SMILES string of the molecule is CC(C)(C)Nc1nc(-c2ccc(F)c(F)c2)cs1. The van der Waals surface area contributed by atoms with Crippen LogP contribution in [0.5, 0.6) is 0 Å². The van der Waals surface area contributed by atoms with Gasteiger partial charge in [0.1, 0.15) is 0 Å². The van der Waals surface area contributed by atoms with Gasteiger partial charge in [0.2, 0.25) is 0 Å². The zero-order chi connectivity index (χ0) is 13.3. The molecule has 1 aromatic heterocycles. The Bertz CT molecular complexity index is 558. The lowest BCUT2D eigenvalue weighted by atomic mass is 10.1. The van der Waals surface area contributed by atoms with Crippen molar-refractivity contribution in [2.45, 2.75) is 26.3 Å². The first-order valence-electron chi connectivity index (χ1n) is 5.54. The number of halogens is 2. The molecule has 0 aliphatic rings. The van der Waals surface area contributed by atoms with Gasteiger partial charge >= 0.3 is 0 Å². The van der Waals surface area contributed by atoms with Crippen molar-refractivity contribution in [3.05, 3.63) is 35.2 Å². The van der Waals surface area contributed by atoms with Crippen LogP contribution in [0.4, 0.5) is 13.9 Å². The smallest absolute Gasteiger partial charge is 0.183 e. The number of hydrogen-bond donors (Lipinski definition) is 1. The molecule has 96 valence electrons. The van der Waals surface area contributed by atoms with Gasteiger partial charge in [0.25, 0.3) is 0 Å². The predicted molar refractivity (Wildman–Crippen MR) is 70.8 cm³/mol. The molecule has 1 heterocycles. The normalized spacial score (nSPS) is 11.6. The summed E-state index contributed by atoms with van der Waals surface area (Å²) in [6, 6.07) is 3.79. The highest BCUT2D eigenvalue weighted by atomic mass is 32.1. The van der Waals surface area contributed by atoms with E-state index in [1.807, 2.05) is 26.2 Å². The van der Waals surface area contributed by atoms with Gasteiger partial charge in [-0.2, -0.15) is 0 Å². The number of nitrogens with one attached hydrogen (secondary N) is 1. The molecule has 2 aromatic rings. The molecule has 5 heteroatoms. The maximum absolute atomic E-state index is 13.1. The number of thiazole rings is 1. The maximum atomic E-state index is 13.1. The van der Waals surface area contributed by atoms with Gasteiger partial charge in [-0.3, -0.25) is 0 Å². The molecule has 1 N–H and O–H groups in total. The molecular formula is C13H14F2N2S. The van der Waals surface area contributed by atoms with Crippen molar-refractivity contribution < 1.29 is 8.78 Å². The van der Waals surface area contributed by atoms with Gasteiger partial charge < -0.3 is 5.32 Å². The summed E-state index contributed by atoms with van der Waals surface area (Å²) in [6.45, 7) is 6.10. The molecule has 0 amide bonds. The van der Waals surface area contributed by atoms with E-state index in [4.69, 9.17) is 0 Å². The quantitative estimate of drug-likeness (QED) is 0.878. The van der Waals surface area contributed by atoms with Crippen molar-refractivity contribution in [1.82, 2.24) is 4.98 Å². The van der Waals surface area contributed by atoms with E-state index in [-0.39, 0.29) is 5.54 Å². The summed E-state index contributed by atoms with van der Waals surface area (Å²) in [6.07, 6.45) is 0. The summed E-state index contributed by atoms with van der Waals surface area (Å²) in [5.74, 6) is -1.70. The molecular weight excluding hydrogens is 254 g/mol. The third-order valence-corrected chi connectivity index (χ3v) is 2.96. The first kappa shape index (κ1) is 13.0. The highest BCUT2D eigenvalue weighted by Crippen LogP contribution is 2.27. The Morgan fingerprint density at radius 3 is 2.50 bits per heavy atom. The monoisotopic (exact) mass is 268 g/mol. The summed E-state index contributed by atoms with van der Waals surface area (Å²) >= 11 is 1.44. The summed E-state index contributed by atoms with van der Waals surface area (Å²) in [5.41, 5.74) is 1.14. The topological polar surface area (TPSA) is 24.9 Å². The van der Waals surface area contributed by atoms with Gasteiger partial charge in [-0.1, -0.05) is 0 Å². The van der Waals surface area contributed by atoms with E-state index in [0.717, 1.165) is 17.3 Å². The van der Waals surface area contributed by atoms with Crippen LogP contribution in [0.25, 0.3) is 11.3 Å². The van der Waals surface area contributed by atoms with E-state index in [9.17, 15) is 8.78 Å². The maximum Gasteiger partial charge on any atom is 0.183 e. The molecule has 0 saturated heterocycles. The minimum atomic E-state index is -0.856. The number of rotatable bonds is 2. The molecule has 0 aliphatic carbocycles. The Balaban J connectivity index is 2.26. The average Bonchev–Trinajstić information content (AvgIpc) is 2.68. The van der Waals surface area contributed by atoms with Gasteiger partial charge in [0.15, 0.2) is 16.8 Å². The van der Waals surface area contributed by atoms with E-state index in [0.29, 0.717) is 11.3 Å².